The van der Waals surface area contributed by atoms with Crippen molar-refractivity contribution in [3.8, 4) is 0 Å². The van der Waals surface area contributed by atoms with Crippen LogP contribution in [0.25, 0.3) is 0 Å². The van der Waals surface area contributed by atoms with E-state index < -0.39 is 0 Å². The first-order valence-corrected chi connectivity index (χ1v) is 8.14. The van der Waals surface area contributed by atoms with Crippen LogP contribution in [-0.4, -0.2) is 23.0 Å². The minimum atomic E-state index is 0.732. The fourth-order valence-electron chi connectivity index (χ4n) is 2.80. The fraction of sp³-hybridized carbons (Fsp3) is 0.929. The maximum absolute atomic E-state index is 4.68. The van der Waals surface area contributed by atoms with E-state index in [-0.39, 0.29) is 0 Å². The average molecular weight is 254 g/mol. The molecule has 3 heteroatoms. The van der Waals surface area contributed by atoms with Gasteiger partial charge in [0.2, 0.25) is 0 Å². The summed E-state index contributed by atoms with van der Waals surface area (Å²) >= 11 is 2.00. The number of hydrogen-bond donors (Lipinski definition) is 1. The second-order valence-electron chi connectivity index (χ2n) is 5.41. The summed E-state index contributed by atoms with van der Waals surface area (Å²) in [4.78, 5) is 4.68. The predicted molar refractivity (Wildman–Crippen MR) is 77.7 cm³/mol. The molecule has 2 rings (SSSR count). The summed E-state index contributed by atoms with van der Waals surface area (Å²) in [6.07, 6.45) is 6.64. The van der Waals surface area contributed by atoms with Crippen molar-refractivity contribution in [1.29, 1.82) is 0 Å². The van der Waals surface area contributed by atoms with Crippen molar-refractivity contribution in [1.82, 2.24) is 5.32 Å². The molecule has 0 aromatic rings. The Morgan fingerprint density at radius 3 is 2.76 bits per heavy atom. The lowest BCUT2D eigenvalue weighted by atomic mass is 9.99. The van der Waals surface area contributed by atoms with Crippen LogP contribution in [0.15, 0.2) is 4.99 Å². The Balaban J connectivity index is 1.71. The Hall–Kier alpha value is -0.180. The molecule has 98 valence electrons. The maximum atomic E-state index is 4.68. The summed E-state index contributed by atoms with van der Waals surface area (Å²) in [5.41, 5.74) is 0. The van der Waals surface area contributed by atoms with Crippen molar-refractivity contribution in [2.24, 2.45) is 16.8 Å². The summed E-state index contributed by atoms with van der Waals surface area (Å²) < 4.78 is 0. The number of aliphatic imine (C=N–C) groups is 1. The van der Waals surface area contributed by atoms with Gasteiger partial charge in [-0.1, -0.05) is 51.8 Å². The van der Waals surface area contributed by atoms with Crippen LogP contribution < -0.4 is 5.32 Å². The molecule has 1 heterocycles. The van der Waals surface area contributed by atoms with Crippen molar-refractivity contribution in [2.75, 3.05) is 6.54 Å². The third-order valence-corrected chi connectivity index (χ3v) is 5.45. The topological polar surface area (TPSA) is 24.4 Å². The van der Waals surface area contributed by atoms with Crippen molar-refractivity contribution < 1.29 is 0 Å². The zero-order chi connectivity index (χ0) is 12.3. The lowest BCUT2D eigenvalue weighted by Crippen LogP contribution is -2.24. The number of nitrogens with one attached hydrogen (secondary N) is 1. The van der Waals surface area contributed by atoms with Gasteiger partial charge >= 0.3 is 0 Å². The van der Waals surface area contributed by atoms with Crippen LogP contribution in [0, 0.1) is 11.8 Å². The fourth-order valence-corrected chi connectivity index (χ4v) is 4.18. The minimum absolute atomic E-state index is 0.732. The van der Waals surface area contributed by atoms with Gasteiger partial charge in [-0.05, 0) is 24.7 Å². The average Bonchev–Trinajstić information content (AvgIpc) is 2.88. The predicted octanol–water partition coefficient (Wildman–Crippen LogP) is 3.67. The van der Waals surface area contributed by atoms with Crippen LogP contribution in [0.3, 0.4) is 0 Å². The highest BCUT2D eigenvalue weighted by atomic mass is 32.2. The molecule has 17 heavy (non-hydrogen) atoms. The van der Waals surface area contributed by atoms with Crippen molar-refractivity contribution >= 4 is 16.9 Å². The quantitative estimate of drug-likeness (QED) is 0.782. The Labute approximate surface area is 110 Å². The smallest absolute Gasteiger partial charge is 0.157 e. The number of nitrogens with zero attached hydrogens (tertiary/aromatic N) is 1. The summed E-state index contributed by atoms with van der Waals surface area (Å²) in [5, 5.41) is 5.59. The second kappa shape index (κ2) is 6.12. The van der Waals surface area contributed by atoms with E-state index in [1.807, 2.05) is 11.8 Å². The Bertz CT molecular complexity index is 273. The molecule has 0 amide bonds. The molecule has 0 radical (unpaired) electrons. The first-order valence-electron chi connectivity index (χ1n) is 7.26. The van der Waals surface area contributed by atoms with Gasteiger partial charge in [-0.2, -0.15) is 0 Å². The molecule has 3 atom stereocenters. The Morgan fingerprint density at radius 2 is 2.12 bits per heavy atom. The molecule has 0 bridgehead atoms. The third-order valence-electron chi connectivity index (χ3n) is 4.14. The van der Waals surface area contributed by atoms with Gasteiger partial charge in [-0.25, -0.2) is 0 Å². The monoisotopic (exact) mass is 254 g/mol. The molecule has 1 aliphatic carbocycles. The SMILES string of the molecule is CCCC1CC1NC1=NCC(C(CC)CC)S1. The third kappa shape index (κ3) is 3.40. The number of hydrogen-bond acceptors (Lipinski definition) is 3. The highest BCUT2D eigenvalue weighted by Crippen LogP contribution is 2.37. The Kier molecular flexibility index (Phi) is 4.78. The van der Waals surface area contributed by atoms with E-state index in [9.17, 15) is 0 Å². The van der Waals surface area contributed by atoms with Gasteiger partial charge in [0, 0.05) is 11.3 Å². The van der Waals surface area contributed by atoms with E-state index >= 15 is 0 Å². The van der Waals surface area contributed by atoms with Crippen LogP contribution in [0.4, 0.5) is 0 Å². The zero-order valence-corrected chi connectivity index (χ0v) is 12.2. The molecule has 0 saturated heterocycles. The van der Waals surface area contributed by atoms with E-state index in [4.69, 9.17) is 0 Å². The van der Waals surface area contributed by atoms with Crippen LogP contribution in [0.1, 0.15) is 52.9 Å². The number of thioether (sulfide) groups is 1. The molecule has 0 aromatic heterocycles. The second-order valence-corrected chi connectivity index (χ2v) is 6.64. The van der Waals surface area contributed by atoms with Crippen LogP contribution in [0.2, 0.25) is 0 Å². The molecule has 0 aromatic carbocycles. The molecular formula is C14H26N2S. The van der Waals surface area contributed by atoms with Crippen LogP contribution in [-0.2, 0) is 0 Å². The van der Waals surface area contributed by atoms with Gasteiger partial charge in [0.05, 0.1) is 6.54 Å². The minimum Gasteiger partial charge on any atom is -0.362 e. The van der Waals surface area contributed by atoms with Gasteiger partial charge in [0.1, 0.15) is 0 Å². The molecule has 2 aliphatic rings. The van der Waals surface area contributed by atoms with E-state index in [2.05, 4.69) is 31.1 Å². The highest BCUT2D eigenvalue weighted by Gasteiger charge is 2.38. The first-order chi connectivity index (χ1) is 8.28. The summed E-state index contributed by atoms with van der Waals surface area (Å²) in [7, 11) is 0. The van der Waals surface area contributed by atoms with E-state index in [1.54, 1.807) is 0 Å². The van der Waals surface area contributed by atoms with Crippen molar-refractivity contribution in [3.63, 3.8) is 0 Å². The maximum Gasteiger partial charge on any atom is 0.157 e. The first kappa shape index (κ1) is 13.3. The Morgan fingerprint density at radius 1 is 1.35 bits per heavy atom. The lowest BCUT2D eigenvalue weighted by molar-refractivity contribution is 0.479. The normalized spacial score (nSPS) is 31.8. The van der Waals surface area contributed by atoms with Crippen LogP contribution in [0.5, 0.6) is 0 Å². The van der Waals surface area contributed by atoms with E-state index in [1.165, 1.54) is 37.3 Å². The van der Waals surface area contributed by atoms with Gasteiger partial charge in [0.15, 0.2) is 5.17 Å². The van der Waals surface area contributed by atoms with Crippen LogP contribution >= 0.6 is 11.8 Å². The molecule has 0 spiro atoms. The molecule has 1 N–H and O–H groups in total. The lowest BCUT2D eigenvalue weighted by Gasteiger charge is -2.18. The highest BCUT2D eigenvalue weighted by molar-refractivity contribution is 8.14. The molecule has 1 saturated carbocycles. The van der Waals surface area contributed by atoms with Gasteiger partial charge < -0.3 is 5.32 Å². The van der Waals surface area contributed by atoms with Crippen molar-refractivity contribution in [3.05, 3.63) is 0 Å². The summed E-state index contributed by atoms with van der Waals surface area (Å²) in [6.45, 7) is 7.92. The zero-order valence-electron chi connectivity index (χ0n) is 11.4. The van der Waals surface area contributed by atoms with E-state index in [0.29, 0.717) is 0 Å². The standard InChI is InChI=1S/C14H26N2S/c1-4-7-11-8-12(11)16-14-15-9-13(17-14)10(5-2)6-3/h10-13H,4-9H2,1-3H3,(H,15,16). The van der Waals surface area contributed by atoms with E-state index in [0.717, 1.165) is 29.7 Å². The summed E-state index contributed by atoms with van der Waals surface area (Å²) in [6, 6.07) is 0.738. The van der Waals surface area contributed by atoms with Crippen molar-refractivity contribution in [2.45, 2.75) is 64.2 Å². The molecular weight excluding hydrogens is 228 g/mol. The number of rotatable bonds is 6. The number of amidine groups is 1. The molecule has 3 unspecified atom stereocenters. The van der Waals surface area contributed by atoms with Gasteiger partial charge in [-0.3, -0.25) is 4.99 Å². The molecule has 1 aliphatic heterocycles. The molecule has 2 nitrogen and oxygen atoms in total. The van der Waals surface area contributed by atoms with Gasteiger partial charge in [-0.15, -0.1) is 0 Å². The largest absolute Gasteiger partial charge is 0.362 e. The molecule has 1 fully saturated rings. The summed E-state index contributed by atoms with van der Waals surface area (Å²) in [5.74, 6) is 1.77. The van der Waals surface area contributed by atoms with Gasteiger partial charge in [0.25, 0.3) is 0 Å².